The summed E-state index contributed by atoms with van der Waals surface area (Å²) in [5, 5.41) is 0. The van der Waals surface area contributed by atoms with Crippen molar-refractivity contribution in [3.05, 3.63) is 35.7 Å². The molecular weight excluding hydrogens is 290 g/mol. The highest BCUT2D eigenvalue weighted by Gasteiger charge is 2.25. The number of nitrogens with zero attached hydrogens (tertiary/aromatic N) is 2. The third-order valence-corrected chi connectivity index (χ3v) is 3.79. The number of aromatic amines is 1. The van der Waals surface area contributed by atoms with E-state index in [0.717, 1.165) is 34.3 Å². The smallest absolute Gasteiger partial charge is 0.410 e. The minimum absolute atomic E-state index is 0.253. The molecule has 3 rings (SSSR count). The summed E-state index contributed by atoms with van der Waals surface area (Å²) in [6, 6.07) is 4.05. The molecule has 2 aromatic rings. The number of hydrogen-bond acceptors (Lipinski definition) is 3. The topological polar surface area (TPSA) is 58.2 Å². The van der Waals surface area contributed by atoms with Gasteiger partial charge in [-0.3, -0.25) is 4.98 Å². The summed E-state index contributed by atoms with van der Waals surface area (Å²) in [6.07, 6.45) is 4.68. The second-order valence-electron chi connectivity index (χ2n) is 6.97. The fourth-order valence-electron chi connectivity index (χ4n) is 2.85. The van der Waals surface area contributed by atoms with E-state index in [1.165, 1.54) is 0 Å². The molecule has 0 unspecified atom stereocenters. The highest BCUT2D eigenvalue weighted by atomic mass is 16.6. The maximum Gasteiger partial charge on any atom is 0.410 e. The van der Waals surface area contributed by atoms with Crippen molar-refractivity contribution in [3.8, 4) is 0 Å². The Balaban J connectivity index is 1.87. The van der Waals surface area contributed by atoms with Gasteiger partial charge in [-0.25, -0.2) is 4.79 Å². The zero-order valence-corrected chi connectivity index (χ0v) is 14.1. The van der Waals surface area contributed by atoms with Crippen molar-refractivity contribution in [2.24, 2.45) is 0 Å². The van der Waals surface area contributed by atoms with E-state index in [1.54, 1.807) is 4.90 Å². The van der Waals surface area contributed by atoms with Gasteiger partial charge >= 0.3 is 6.09 Å². The quantitative estimate of drug-likeness (QED) is 0.868. The van der Waals surface area contributed by atoms with Crippen molar-refractivity contribution in [3.63, 3.8) is 0 Å². The van der Waals surface area contributed by atoms with E-state index in [4.69, 9.17) is 4.74 Å². The summed E-state index contributed by atoms with van der Waals surface area (Å²) >= 11 is 0. The summed E-state index contributed by atoms with van der Waals surface area (Å²) in [5.41, 5.74) is 4.73. The second-order valence-corrected chi connectivity index (χ2v) is 6.97. The maximum atomic E-state index is 12.3. The fourth-order valence-corrected chi connectivity index (χ4v) is 2.85. The van der Waals surface area contributed by atoms with Crippen LogP contribution in [0.4, 0.5) is 4.79 Å². The minimum atomic E-state index is -0.474. The molecule has 2 aromatic heterocycles. The van der Waals surface area contributed by atoms with Crippen molar-refractivity contribution >= 4 is 22.7 Å². The highest BCUT2D eigenvalue weighted by Crippen LogP contribution is 2.28. The molecule has 1 aliphatic heterocycles. The molecule has 0 aromatic carbocycles. The fraction of sp³-hybridized carbons (Fsp3) is 0.444. The summed E-state index contributed by atoms with van der Waals surface area (Å²) in [4.78, 5) is 21.9. The zero-order valence-electron chi connectivity index (χ0n) is 14.1. The van der Waals surface area contributed by atoms with Crippen LogP contribution >= 0.6 is 0 Å². The number of pyridine rings is 1. The predicted octanol–water partition coefficient (Wildman–Crippen LogP) is 3.90. The molecule has 1 N–H and O–H groups in total. The maximum absolute atomic E-state index is 12.3. The molecule has 0 aliphatic carbocycles. The Hall–Kier alpha value is -2.30. The Morgan fingerprint density at radius 2 is 2.17 bits per heavy atom. The Labute approximate surface area is 136 Å². The monoisotopic (exact) mass is 313 g/mol. The Morgan fingerprint density at radius 3 is 2.91 bits per heavy atom. The van der Waals surface area contributed by atoms with Gasteiger partial charge in [0.25, 0.3) is 0 Å². The molecule has 0 radical (unpaired) electrons. The van der Waals surface area contributed by atoms with Crippen molar-refractivity contribution in [2.45, 2.75) is 39.7 Å². The summed E-state index contributed by atoms with van der Waals surface area (Å²) in [7, 11) is 0. The van der Waals surface area contributed by atoms with Gasteiger partial charge in [0.1, 0.15) is 5.60 Å². The predicted molar refractivity (Wildman–Crippen MR) is 91.2 cm³/mol. The average Bonchev–Trinajstić information content (AvgIpc) is 2.92. The number of ether oxygens (including phenoxy) is 1. The molecule has 1 amide bonds. The van der Waals surface area contributed by atoms with E-state index in [0.29, 0.717) is 13.1 Å². The lowest BCUT2D eigenvalue weighted by molar-refractivity contribution is 0.0273. The molecule has 23 heavy (non-hydrogen) atoms. The van der Waals surface area contributed by atoms with E-state index >= 15 is 0 Å². The number of rotatable bonds is 1. The van der Waals surface area contributed by atoms with Crippen LogP contribution < -0.4 is 0 Å². The minimum Gasteiger partial charge on any atom is -0.444 e. The van der Waals surface area contributed by atoms with Gasteiger partial charge < -0.3 is 14.6 Å². The van der Waals surface area contributed by atoms with Crippen LogP contribution in [0.2, 0.25) is 0 Å². The van der Waals surface area contributed by atoms with E-state index in [1.807, 2.05) is 40.0 Å². The molecule has 122 valence electrons. The molecule has 5 heteroatoms. The molecule has 5 nitrogen and oxygen atoms in total. The number of carbonyl (C=O) groups excluding carboxylic acids is 1. The van der Waals surface area contributed by atoms with Crippen LogP contribution in [0.15, 0.2) is 24.4 Å². The summed E-state index contributed by atoms with van der Waals surface area (Å²) in [6.45, 7) is 8.91. The van der Waals surface area contributed by atoms with Crippen molar-refractivity contribution in [1.29, 1.82) is 0 Å². The van der Waals surface area contributed by atoms with Gasteiger partial charge in [-0.05, 0) is 51.8 Å². The van der Waals surface area contributed by atoms with E-state index in [9.17, 15) is 4.79 Å². The number of carbonyl (C=O) groups is 1. The van der Waals surface area contributed by atoms with E-state index in [-0.39, 0.29) is 6.09 Å². The number of hydrogen-bond donors (Lipinski definition) is 1. The number of nitrogens with one attached hydrogen (secondary N) is 1. The first-order valence-electron chi connectivity index (χ1n) is 7.95. The first-order valence-corrected chi connectivity index (χ1v) is 7.95. The average molecular weight is 313 g/mol. The van der Waals surface area contributed by atoms with Gasteiger partial charge in [0.15, 0.2) is 0 Å². The third kappa shape index (κ3) is 3.38. The Morgan fingerprint density at radius 1 is 1.39 bits per heavy atom. The molecule has 0 atom stereocenters. The third-order valence-electron chi connectivity index (χ3n) is 3.79. The van der Waals surface area contributed by atoms with Gasteiger partial charge in [-0.15, -0.1) is 0 Å². The van der Waals surface area contributed by atoms with Crippen LogP contribution in [0.25, 0.3) is 16.6 Å². The largest absolute Gasteiger partial charge is 0.444 e. The summed E-state index contributed by atoms with van der Waals surface area (Å²) < 4.78 is 5.50. The number of H-pyrrole nitrogens is 1. The van der Waals surface area contributed by atoms with Gasteiger partial charge in [0, 0.05) is 30.5 Å². The SMILES string of the molecule is Cc1cc(C2=CCCN(C(=O)OC(C)(C)C)C2)c2[nH]ccc2n1. The molecule has 0 saturated heterocycles. The van der Waals surface area contributed by atoms with Gasteiger partial charge in [0.2, 0.25) is 0 Å². The molecule has 1 aliphatic rings. The van der Waals surface area contributed by atoms with E-state index in [2.05, 4.69) is 22.1 Å². The van der Waals surface area contributed by atoms with Crippen molar-refractivity contribution < 1.29 is 9.53 Å². The number of aromatic nitrogens is 2. The van der Waals surface area contributed by atoms with Crippen LogP contribution in [0, 0.1) is 6.92 Å². The standard InChI is InChI=1S/C18H23N3O2/c1-12-10-14(16-15(20-12)7-8-19-16)13-6-5-9-21(11-13)17(22)23-18(2,3)4/h6-8,10,19H,5,9,11H2,1-4H3. The first kappa shape index (κ1) is 15.6. The van der Waals surface area contributed by atoms with Gasteiger partial charge in [-0.1, -0.05) is 6.08 Å². The van der Waals surface area contributed by atoms with Crippen LogP contribution in [0.1, 0.15) is 38.4 Å². The molecule has 0 bridgehead atoms. The number of fused-ring (bicyclic) bond motifs is 1. The molecular formula is C18H23N3O2. The normalized spacial score (nSPS) is 15.7. The Bertz CT molecular complexity index is 768. The summed E-state index contributed by atoms with van der Waals surface area (Å²) in [5.74, 6) is 0. The van der Waals surface area contributed by atoms with Crippen LogP contribution in [-0.2, 0) is 4.74 Å². The second kappa shape index (κ2) is 5.72. The Kier molecular flexibility index (Phi) is 3.88. The lowest BCUT2D eigenvalue weighted by Crippen LogP contribution is -2.39. The first-order chi connectivity index (χ1) is 10.8. The van der Waals surface area contributed by atoms with Gasteiger partial charge in [-0.2, -0.15) is 0 Å². The highest BCUT2D eigenvalue weighted by molar-refractivity contribution is 5.90. The molecule has 0 saturated carbocycles. The zero-order chi connectivity index (χ0) is 16.6. The van der Waals surface area contributed by atoms with Crippen LogP contribution in [-0.4, -0.2) is 39.7 Å². The molecule has 0 fully saturated rings. The van der Waals surface area contributed by atoms with E-state index < -0.39 is 5.60 Å². The molecule has 3 heterocycles. The number of amides is 1. The van der Waals surface area contributed by atoms with Crippen molar-refractivity contribution in [1.82, 2.24) is 14.9 Å². The van der Waals surface area contributed by atoms with Crippen LogP contribution in [0.5, 0.6) is 0 Å². The van der Waals surface area contributed by atoms with Gasteiger partial charge in [0.05, 0.1) is 11.0 Å². The lowest BCUT2D eigenvalue weighted by atomic mass is 10.00. The van der Waals surface area contributed by atoms with Crippen molar-refractivity contribution in [2.75, 3.05) is 13.1 Å². The molecule has 0 spiro atoms. The lowest BCUT2D eigenvalue weighted by Gasteiger charge is -2.30. The number of aryl methyl sites for hydroxylation is 1. The van der Waals surface area contributed by atoms with Crippen LogP contribution in [0.3, 0.4) is 0 Å².